The third-order valence-corrected chi connectivity index (χ3v) is 4.13. The van der Waals surface area contributed by atoms with Gasteiger partial charge in [0, 0.05) is 51.9 Å². The van der Waals surface area contributed by atoms with E-state index in [0.29, 0.717) is 0 Å². The van der Waals surface area contributed by atoms with Crippen molar-refractivity contribution in [1.29, 1.82) is 0 Å². The molecule has 2 aliphatic heterocycles. The zero-order valence-electron chi connectivity index (χ0n) is 11.0. The molecular weight excluding hydrogens is 242 g/mol. The van der Waals surface area contributed by atoms with Crippen molar-refractivity contribution in [2.75, 3.05) is 39.3 Å². The molecule has 0 radical (unpaired) electrons. The summed E-state index contributed by atoms with van der Waals surface area (Å²) >= 11 is 0. The van der Waals surface area contributed by atoms with E-state index >= 15 is 0 Å². The van der Waals surface area contributed by atoms with Crippen LogP contribution >= 0.6 is 0 Å². The molecule has 3 rings (SSSR count). The van der Waals surface area contributed by atoms with Gasteiger partial charge in [0.1, 0.15) is 0 Å². The van der Waals surface area contributed by atoms with Gasteiger partial charge in [-0.15, -0.1) is 0 Å². The Kier molecular flexibility index (Phi) is 3.59. The molecule has 0 spiro atoms. The van der Waals surface area contributed by atoms with E-state index in [1.54, 1.807) is 12.1 Å². The van der Waals surface area contributed by atoms with Gasteiger partial charge in [-0.3, -0.25) is 9.80 Å². The highest BCUT2D eigenvalue weighted by atomic mass is 16.3. The first-order valence-corrected chi connectivity index (χ1v) is 6.90. The molecule has 2 fully saturated rings. The highest BCUT2D eigenvalue weighted by Gasteiger charge is 2.27. The van der Waals surface area contributed by atoms with Crippen LogP contribution in [0.2, 0.25) is 0 Å². The number of aromatic hydroxyl groups is 2. The lowest BCUT2D eigenvalue weighted by molar-refractivity contribution is 0.0695. The third kappa shape index (κ3) is 2.83. The van der Waals surface area contributed by atoms with Gasteiger partial charge in [0.2, 0.25) is 0 Å². The summed E-state index contributed by atoms with van der Waals surface area (Å²) in [6.07, 6.45) is 0. The van der Waals surface area contributed by atoms with Crippen molar-refractivity contribution in [2.24, 2.45) is 0 Å². The quantitative estimate of drug-likeness (QED) is 0.680. The maximum atomic E-state index is 9.50. The smallest absolute Gasteiger partial charge is 0.157 e. The van der Waals surface area contributed by atoms with E-state index in [2.05, 4.69) is 15.1 Å². The van der Waals surface area contributed by atoms with Gasteiger partial charge < -0.3 is 15.5 Å². The molecule has 0 amide bonds. The SMILES string of the molecule is Oc1ccc(CN2CCN(C3CNC3)CC2)cc1O. The first kappa shape index (κ1) is 12.7. The molecule has 2 heterocycles. The van der Waals surface area contributed by atoms with Crippen molar-refractivity contribution < 1.29 is 10.2 Å². The first-order chi connectivity index (χ1) is 9.22. The molecule has 0 saturated carbocycles. The summed E-state index contributed by atoms with van der Waals surface area (Å²) in [6, 6.07) is 5.82. The minimum absolute atomic E-state index is 0.0309. The normalized spacial score (nSPS) is 22.3. The van der Waals surface area contributed by atoms with Crippen LogP contribution in [-0.2, 0) is 6.54 Å². The fourth-order valence-electron chi connectivity index (χ4n) is 2.74. The maximum absolute atomic E-state index is 9.50. The van der Waals surface area contributed by atoms with Gasteiger partial charge in [0.25, 0.3) is 0 Å². The zero-order valence-corrected chi connectivity index (χ0v) is 11.0. The van der Waals surface area contributed by atoms with E-state index < -0.39 is 0 Å². The molecule has 0 aromatic heterocycles. The van der Waals surface area contributed by atoms with Crippen LogP contribution in [0, 0.1) is 0 Å². The monoisotopic (exact) mass is 263 g/mol. The fourth-order valence-corrected chi connectivity index (χ4v) is 2.74. The highest BCUT2D eigenvalue weighted by molar-refractivity contribution is 5.40. The number of nitrogens with zero attached hydrogens (tertiary/aromatic N) is 2. The number of phenols is 2. The number of nitrogens with one attached hydrogen (secondary N) is 1. The van der Waals surface area contributed by atoms with Crippen molar-refractivity contribution in [3.63, 3.8) is 0 Å². The molecule has 1 aromatic carbocycles. The summed E-state index contributed by atoms with van der Waals surface area (Å²) in [4.78, 5) is 4.95. The van der Waals surface area contributed by atoms with E-state index in [1.165, 1.54) is 0 Å². The minimum atomic E-state index is -0.0500. The lowest BCUT2D eigenvalue weighted by Crippen LogP contribution is -2.61. The molecule has 2 saturated heterocycles. The fraction of sp³-hybridized carbons (Fsp3) is 0.571. The molecule has 0 unspecified atom stereocenters. The van der Waals surface area contributed by atoms with Gasteiger partial charge in [0.15, 0.2) is 11.5 Å². The van der Waals surface area contributed by atoms with Crippen LogP contribution in [0.1, 0.15) is 5.56 Å². The van der Waals surface area contributed by atoms with Crippen LogP contribution < -0.4 is 5.32 Å². The first-order valence-electron chi connectivity index (χ1n) is 6.90. The Hall–Kier alpha value is -1.30. The van der Waals surface area contributed by atoms with E-state index in [-0.39, 0.29) is 11.5 Å². The molecule has 104 valence electrons. The molecule has 0 bridgehead atoms. The van der Waals surface area contributed by atoms with Gasteiger partial charge in [-0.25, -0.2) is 0 Å². The predicted octanol–water partition coefficient (Wildman–Crippen LogP) is 0.187. The molecule has 0 aliphatic carbocycles. The molecule has 0 atom stereocenters. The third-order valence-electron chi connectivity index (χ3n) is 4.13. The van der Waals surface area contributed by atoms with Gasteiger partial charge in [0.05, 0.1) is 0 Å². The molecule has 19 heavy (non-hydrogen) atoms. The minimum Gasteiger partial charge on any atom is -0.504 e. The molecular formula is C14H21N3O2. The van der Waals surface area contributed by atoms with Gasteiger partial charge in [-0.2, -0.15) is 0 Å². The van der Waals surface area contributed by atoms with Crippen molar-refractivity contribution >= 4 is 0 Å². The van der Waals surface area contributed by atoms with E-state index in [0.717, 1.165) is 57.4 Å². The van der Waals surface area contributed by atoms with E-state index in [9.17, 15) is 10.2 Å². The van der Waals surface area contributed by atoms with Crippen LogP contribution in [0.4, 0.5) is 0 Å². The average molecular weight is 263 g/mol. The lowest BCUT2D eigenvalue weighted by Gasteiger charge is -2.43. The topological polar surface area (TPSA) is 59.0 Å². The number of rotatable bonds is 3. The molecule has 1 aromatic rings. The summed E-state index contributed by atoms with van der Waals surface area (Å²) in [7, 11) is 0. The number of piperazine rings is 1. The second-order valence-electron chi connectivity index (χ2n) is 5.45. The highest BCUT2D eigenvalue weighted by Crippen LogP contribution is 2.25. The van der Waals surface area contributed by atoms with Crippen LogP contribution in [0.3, 0.4) is 0 Å². The molecule has 5 nitrogen and oxygen atoms in total. The Morgan fingerprint density at radius 3 is 2.37 bits per heavy atom. The Bertz CT molecular complexity index is 440. The largest absolute Gasteiger partial charge is 0.504 e. The number of hydrogen-bond donors (Lipinski definition) is 3. The maximum Gasteiger partial charge on any atom is 0.157 e. The van der Waals surface area contributed by atoms with Gasteiger partial charge >= 0.3 is 0 Å². The van der Waals surface area contributed by atoms with E-state index in [4.69, 9.17) is 0 Å². The summed E-state index contributed by atoms with van der Waals surface area (Å²) < 4.78 is 0. The van der Waals surface area contributed by atoms with Gasteiger partial charge in [-0.05, 0) is 17.7 Å². The Labute approximate surface area is 113 Å². The average Bonchev–Trinajstić information content (AvgIpc) is 2.34. The summed E-state index contributed by atoms with van der Waals surface area (Å²) in [5.74, 6) is -0.0808. The Morgan fingerprint density at radius 1 is 1.05 bits per heavy atom. The van der Waals surface area contributed by atoms with E-state index in [1.807, 2.05) is 6.07 Å². The molecule has 5 heteroatoms. The standard InChI is InChI=1S/C14H21N3O2/c18-13-2-1-11(7-14(13)19)10-16-3-5-17(6-4-16)12-8-15-9-12/h1-2,7,12,15,18-19H,3-6,8-10H2. The Morgan fingerprint density at radius 2 is 1.79 bits per heavy atom. The Balaban J connectivity index is 1.52. The van der Waals surface area contributed by atoms with Crippen LogP contribution in [0.15, 0.2) is 18.2 Å². The van der Waals surface area contributed by atoms with Crippen molar-refractivity contribution in [3.8, 4) is 11.5 Å². The predicted molar refractivity (Wildman–Crippen MR) is 73.3 cm³/mol. The second-order valence-corrected chi connectivity index (χ2v) is 5.45. The molecule has 3 N–H and O–H groups in total. The number of benzene rings is 1. The summed E-state index contributed by atoms with van der Waals surface area (Å²) in [5.41, 5.74) is 1.05. The number of phenolic OH excluding ortho intramolecular Hbond substituents is 2. The van der Waals surface area contributed by atoms with Gasteiger partial charge in [-0.1, -0.05) is 6.07 Å². The van der Waals surface area contributed by atoms with Crippen LogP contribution in [-0.4, -0.2) is 65.3 Å². The summed E-state index contributed by atoms with van der Waals surface area (Å²) in [5, 5.41) is 22.1. The van der Waals surface area contributed by atoms with Crippen LogP contribution in [0.25, 0.3) is 0 Å². The van der Waals surface area contributed by atoms with Crippen molar-refractivity contribution in [1.82, 2.24) is 15.1 Å². The van der Waals surface area contributed by atoms with Crippen molar-refractivity contribution in [3.05, 3.63) is 23.8 Å². The summed E-state index contributed by atoms with van der Waals surface area (Å²) in [6.45, 7) is 7.48. The van der Waals surface area contributed by atoms with Crippen LogP contribution in [0.5, 0.6) is 11.5 Å². The number of hydrogen-bond acceptors (Lipinski definition) is 5. The second kappa shape index (κ2) is 5.36. The lowest BCUT2D eigenvalue weighted by atomic mass is 10.1. The zero-order chi connectivity index (χ0) is 13.2. The molecule has 2 aliphatic rings. The van der Waals surface area contributed by atoms with Crippen molar-refractivity contribution in [2.45, 2.75) is 12.6 Å².